The third-order valence-electron chi connectivity index (χ3n) is 5.75. The maximum atomic E-state index is 12.7. The van der Waals surface area contributed by atoms with Gasteiger partial charge in [0.05, 0.1) is 18.0 Å². The number of aryl methyl sites for hydroxylation is 2. The average Bonchev–Trinajstić information content (AvgIpc) is 3.08. The van der Waals surface area contributed by atoms with Gasteiger partial charge in [0, 0.05) is 37.3 Å². The molecule has 2 aromatic heterocycles. The molecule has 0 fully saturated rings. The summed E-state index contributed by atoms with van der Waals surface area (Å²) in [6.45, 7) is 10.2. The molecular weight excluding hydrogens is 402 g/mol. The van der Waals surface area contributed by atoms with Crippen molar-refractivity contribution in [2.75, 3.05) is 14.1 Å². The minimum absolute atomic E-state index is 0.123. The van der Waals surface area contributed by atoms with Crippen molar-refractivity contribution in [3.05, 3.63) is 65.2 Å². The number of carbonyl (C=O) groups excluding carboxylic acids is 1. The minimum Gasteiger partial charge on any atom is -0.480 e. The SMILES string of the molecule is C/N=C(/C)C(C)(C)Oc1cc(/C=C/C(=O)N(C)Cc2oc3ccccc3c2C)cnc1C. The van der Waals surface area contributed by atoms with Crippen molar-refractivity contribution in [3.63, 3.8) is 0 Å². The number of para-hydroxylation sites is 1. The van der Waals surface area contributed by atoms with Crippen molar-refractivity contribution in [1.29, 1.82) is 0 Å². The zero-order valence-corrected chi connectivity index (χ0v) is 19.9. The van der Waals surface area contributed by atoms with E-state index in [4.69, 9.17) is 9.15 Å². The number of fused-ring (bicyclic) bond motifs is 1. The van der Waals surface area contributed by atoms with Gasteiger partial charge in [0.25, 0.3) is 0 Å². The van der Waals surface area contributed by atoms with Gasteiger partial charge >= 0.3 is 0 Å². The molecule has 3 aromatic rings. The number of aliphatic imine (C=N–C) groups is 1. The molecule has 0 aliphatic rings. The lowest BCUT2D eigenvalue weighted by Gasteiger charge is -2.27. The molecule has 0 spiro atoms. The third kappa shape index (κ3) is 5.07. The number of furan rings is 1. The predicted molar refractivity (Wildman–Crippen MR) is 129 cm³/mol. The standard InChI is InChI=1S/C26H31N3O3/c1-17-21-10-8-9-11-22(21)31-24(17)16-29(7)25(30)13-12-20-14-23(18(2)28-15-20)32-26(4,5)19(3)27-6/h8-15H,16H2,1-7H3/b13-12+,27-19-. The van der Waals surface area contributed by atoms with Gasteiger partial charge in [-0.25, -0.2) is 0 Å². The third-order valence-corrected chi connectivity index (χ3v) is 5.75. The smallest absolute Gasteiger partial charge is 0.246 e. The molecule has 0 atom stereocenters. The Labute approximate surface area is 189 Å². The number of aromatic nitrogens is 1. The number of pyridine rings is 1. The van der Waals surface area contributed by atoms with Gasteiger partial charge in [-0.3, -0.25) is 14.8 Å². The van der Waals surface area contributed by atoms with Gasteiger partial charge in [-0.1, -0.05) is 18.2 Å². The Morgan fingerprint density at radius 3 is 2.69 bits per heavy atom. The maximum absolute atomic E-state index is 12.7. The number of benzene rings is 1. The number of likely N-dealkylation sites (N-methyl/N-ethyl adjacent to an activating group) is 1. The number of carbonyl (C=O) groups is 1. The van der Waals surface area contributed by atoms with Gasteiger partial charge in [0.1, 0.15) is 22.7 Å². The number of nitrogens with zero attached hydrogens (tertiary/aromatic N) is 3. The molecule has 0 radical (unpaired) electrons. The van der Waals surface area contributed by atoms with E-state index in [-0.39, 0.29) is 5.91 Å². The highest BCUT2D eigenvalue weighted by molar-refractivity contribution is 5.92. The number of hydrogen-bond donors (Lipinski definition) is 0. The molecule has 0 N–H and O–H groups in total. The lowest BCUT2D eigenvalue weighted by molar-refractivity contribution is -0.125. The summed E-state index contributed by atoms with van der Waals surface area (Å²) in [7, 11) is 3.51. The van der Waals surface area contributed by atoms with E-state index in [1.54, 1.807) is 31.3 Å². The average molecular weight is 434 g/mol. The Balaban J connectivity index is 1.72. The van der Waals surface area contributed by atoms with Crippen molar-refractivity contribution in [2.45, 2.75) is 46.8 Å². The van der Waals surface area contributed by atoms with Gasteiger partial charge in [-0.2, -0.15) is 0 Å². The molecule has 168 valence electrons. The van der Waals surface area contributed by atoms with Crippen LogP contribution in [-0.4, -0.2) is 41.2 Å². The first-order valence-corrected chi connectivity index (χ1v) is 10.6. The molecule has 32 heavy (non-hydrogen) atoms. The highest BCUT2D eigenvalue weighted by Crippen LogP contribution is 2.26. The van der Waals surface area contributed by atoms with Crippen LogP contribution in [-0.2, 0) is 11.3 Å². The number of hydrogen-bond acceptors (Lipinski definition) is 5. The Bertz CT molecular complexity index is 1190. The first-order chi connectivity index (χ1) is 15.1. The Morgan fingerprint density at radius 1 is 1.28 bits per heavy atom. The Morgan fingerprint density at radius 2 is 2.00 bits per heavy atom. The van der Waals surface area contributed by atoms with Crippen LogP contribution in [0.4, 0.5) is 0 Å². The van der Waals surface area contributed by atoms with Crippen LogP contribution in [0.2, 0.25) is 0 Å². The Kier molecular flexibility index (Phi) is 6.82. The lowest BCUT2D eigenvalue weighted by Crippen LogP contribution is -2.36. The minimum atomic E-state index is -0.552. The van der Waals surface area contributed by atoms with Crippen molar-refractivity contribution in [1.82, 2.24) is 9.88 Å². The molecule has 6 nitrogen and oxygen atoms in total. The van der Waals surface area contributed by atoms with Crippen LogP contribution in [0.15, 0.2) is 52.0 Å². The monoisotopic (exact) mass is 433 g/mol. The van der Waals surface area contributed by atoms with E-state index in [1.165, 1.54) is 6.08 Å². The summed E-state index contributed by atoms with van der Waals surface area (Å²) in [5, 5.41) is 1.07. The van der Waals surface area contributed by atoms with E-state index in [0.29, 0.717) is 12.3 Å². The second kappa shape index (κ2) is 9.39. The second-order valence-electron chi connectivity index (χ2n) is 8.45. The molecular formula is C26H31N3O3. The van der Waals surface area contributed by atoms with E-state index >= 15 is 0 Å². The topological polar surface area (TPSA) is 67.9 Å². The van der Waals surface area contributed by atoms with E-state index in [0.717, 1.165) is 39.3 Å². The zero-order valence-electron chi connectivity index (χ0n) is 19.9. The van der Waals surface area contributed by atoms with Crippen LogP contribution in [0.5, 0.6) is 5.75 Å². The summed E-state index contributed by atoms with van der Waals surface area (Å²) in [4.78, 5) is 23.0. The molecule has 0 saturated carbocycles. The van der Waals surface area contributed by atoms with Crippen LogP contribution in [0.1, 0.15) is 43.4 Å². The van der Waals surface area contributed by atoms with E-state index in [9.17, 15) is 4.79 Å². The molecule has 0 bridgehead atoms. The Hall–Kier alpha value is -3.41. The lowest BCUT2D eigenvalue weighted by atomic mass is 10.0. The molecule has 0 aliphatic carbocycles. The summed E-state index contributed by atoms with van der Waals surface area (Å²) in [6.07, 6.45) is 5.01. The quantitative estimate of drug-likeness (QED) is 0.371. The van der Waals surface area contributed by atoms with Crippen molar-refractivity contribution in [2.24, 2.45) is 4.99 Å². The molecule has 2 heterocycles. The van der Waals surface area contributed by atoms with E-state index < -0.39 is 5.60 Å². The van der Waals surface area contributed by atoms with Crippen molar-refractivity contribution >= 4 is 28.7 Å². The molecule has 6 heteroatoms. The summed E-state index contributed by atoms with van der Waals surface area (Å²) in [5.74, 6) is 1.33. The largest absolute Gasteiger partial charge is 0.480 e. The predicted octanol–water partition coefficient (Wildman–Crippen LogP) is 5.36. The molecule has 0 unspecified atom stereocenters. The molecule has 1 amide bonds. The van der Waals surface area contributed by atoms with Crippen LogP contribution < -0.4 is 4.74 Å². The summed E-state index contributed by atoms with van der Waals surface area (Å²) in [5.41, 5.74) is 3.79. The highest BCUT2D eigenvalue weighted by Gasteiger charge is 2.24. The molecule has 3 rings (SSSR count). The number of rotatable bonds is 7. The highest BCUT2D eigenvalue weighted by atomic mass is 16.5. The second-order valence-corrected chi connectivity index (χ2v) is 8.45. The van der Waals surface area contributed by atoms with Gasteiger partial charge in [0.2, 0.25) is 5.91 Å². The van der Waals surface area contributed by atoms with Crippen LogP contribution in [0.25, 0.3) is 17.0 Å². The first-order valence-electron chi connectivity index (χ1n) is 10.6. The van der Waals surface area contributed by atoms with Gasteiger partial charge in [-0.05, 0) is 58.4 Å². The normalized spacial score (nSPS) is 12.5. The van der Waals surface area contributed by atoms with Gasteiger partial charge in [-0.15, -0.1) is 0 Å². The zero-order chi connectivity index (χ0) is 23.5. The first kappa shape index (κ1) is 23.3. The maximum Gasteiger partial charge on any atom is 0.246 e. The number of amides is 1. The fourth-order valence-electron chi connectivity index (χ4n) is 3.30. The molecule has 0 saturated heterocycles. The van der Waals surface area contributed by atoms with Gasteiger partial charge in [0.15, 0.2) is 0 Å². The summed E-state index contributed by atoms with van der Waals surface area (Å²) in [6, 6.07) is 9.78. The van der Waals surface area contributed by atoms with Crippen LogP contribution >= 0.6 is 0 Å². The summed E-state index contributed by atoms with van der Waals surface area (Å²) >= 11 is 0. The van der Waals surface area contributed by atoms with E-state index in [1.807, 2.05) is 65.0 Å². The van der Waals surface area contributed by atoms with Crippen molar-refractivity contribution < 1.29 is 13.9 Å². The molecule has 1 aromatic carbocycles. The fraction of sp³-hybridized carbons (Fsp3) is 0.346. The van der Waals surface area contributed by atoms with Crippen molar-refractivity contribution in [3.8, 4) is 5.75 Å². The van der Waals surface area contributed by atoms with Gasteiger partial charge < -0.3 is 14.1 Å². The van der Waals surface area contributed by atoms with E-state index in [2.05, 4.69) is 9.98 Å². The van der Waals surface area contributed by atoms with Crippen LogP contribution in [0.3, 0.4) is 0 Å². The summed E-state index contributed by atoms with van der Waals surface area (Å²) < 4.78 is 12.1. The molecule has 0 aliphatic heterocycles. The van der Waals surface area contributed by atoms with Crippen LogP contribution in [0, 0.1) is 13.8 Å². The number of ether oxygens (including phenoxy) is 1. The fourth-order valence-corrected chi connectivity index (χ4v) is 3.30.